The normalized spacial score (nSPS) is 14.8. The highest BCUT2D eigenvalue weighted by molar-refractivity contribution is 6.00. The van der Waals surface area contributed by atoms with Crippen LogP contribution in [0.1, 0.15) is 34.8 Å². The molecule has 0 spiro atoms. The zero-order valence-electron chi connectivity index (χ0n) is 18.2. The Morgan fingerprint density at radius 1 is 1.07 bits per heavy atom. The highest BCUT2D eigenvalue weighted by Gasteiger charge is 2.28. The second-order valence-electron chi connectivity index (χ2n) is 8.28. The van der Waals surface area contributed by atoms with Crippen molar-refractivity contribution in [3.63, 3.8) is 0 Å². The molecular weight excluding hydrogens is 372 g/mol. The topological polar surface area (TPSA) is 42.6 Å². The molecule has 1 saturated heterocycles. The number of nitrogens with one attached hydrogen (secondary N) is 1. The lowest BCUT2D eigenvalue weighted by Crippen LogP contribution is -3.14. The van der Waals surface area contributed by atoms with Gasteiger partial charge in [-0.2, -0.15) is 5.10 Å². The van der Waals surface area contributed by atoms with Crippen molar-refractivity contribution in [3.8, 4) is 16.9 Å². The molecule has 0 atom stereocenters. The Hall–Kier alpha value is -2.92. The molecule has 0 saturated carbocycles. The number of hydrogen-bond acceptors (Lipinski definition) is 2. The fourth-order valence-electron chi connectivity index (χ4n) is 4.32. The van der Waals surface area contributed by atoms with Crippen molar-refractivity contribution >= 4 is 5.91 Å². The number of amides is 1. The van der Waals surface area contributed by atoms with Crippen LogP contribution in [0.5, 0.6) is 0 Å². The summed E-state index contributed by atoms with van der Waals surface area (Å²) in [5, 5.41) is 4.87. The third kappa shape index (κ3) is 4.17. The van der Waals surface area contributed by atoms with Crippen LogP contribution < -0.4 is 4.90 Å². The van der Waals surface area contributed by atoms with Gasteiger partial charge in [-0.1, -0.05) is 48.9 Å². The summed E-state index contributed by atoms with van der Waals surface area (Å²) in [4.78, 5) is 17.1. The van der Waals surface area contributed by atoms with Crippen LogP contribution in [-0.4, -0.2) is 53.3 Å². The first-order chi connectivity index (χ1) is 14.6. The molecule has 0 radical (unpaired) electrons. The molecule has 4 rings (SSSR count). The highest BCUT2D eigenvalue weighted by atomic mass is 16.2. The van der Waals surface area contributed by atoms with Gasteiger partial charge in [0.15, 0.2) is 0 Å². The number of carbonyl (C=O) groups excluding carboxylic acids is 1. The van der Waals surface area contributed by atoms with E-state index in [-0.39, 0.29) is 5.91 Å². The SMILES string of the molecule is CCC[NH+]1CCN(C(=O)c2cn(-c3ccccc3)nc2-c2ccc(C)cc2C)CC1. The number of hydrogen-bond donors (Lipinski definition) is 1. The maximum Gasteiger partial charge on any atom is 0.258 e. The minimum atomic E-state index is 0.0858. The molecule has 3 aromatic rings. The number of quaternary nitrogens is 1. The fraction of sp³-hybridized carbons (Fsp3) is 0.360. The van der Waals surface area contributed by atoms with Gasteiger partial charge in [0, 0.05) is 11.8 Å². The lowest BCUT2D eigenvalue weighted by atomic mass is 10.00. The molecule has 5 heteroatoms. The quantitative estimate of drug-likeness (QED) is 0.712. The summed E-state index contributed by atoms with van der Waals surface area (Å²) < 4.78 is 1.83. The molecule has 156 valence electrons. The first-order valence-electron chi connectivity index (χ1n) is 10.9. The highest BCUT2D eigenvalue weighted by Crippen LogP contribution is 2.28. The summed E-state index contributed by atoms with van der Waals surface area (Å²) in [7, 11) is 0. The zero-order valence-corrected chi connectivity index (χ0v) is 18.2. The van der Waals surface area contributed by atoms with Crippen molar-refractivity contribution in [1.29, 1.82) is 0 Å². The number of carbonyl (C=O) groups is 1. The van der Waals surface area contributed by atoms with E-state index in [1.54, 1.807) is 4.90 Å². The van der Waals surface area contributed by atoms with Crippen molar-refractivity contribution in [1.82, 2.24) is 14.7 Å². The van der Waals surface area contributed by atoms with Crippen LogP contribution in [0.2, 0.25) is 0 Å². The smallest absolute Gasteiger partial charge is 0.258 e. The van der Waals surface area contributed by atoms with Gasteiger partial charge in [0.2, 0.25) is 0 Å². The standard InChI is InChI=1S/C25H30N4O/c1-4-12-27-13-15-28(16-14-27)25(30)23-18-29(21-8-6-5-7-9-21)26-24(23)22-11-10-19(2)17-20(22)3/h5-11,17-18H,4,12-16H2,1-3H3/p+1. The van der Waals surface area contributed by atoms with Gasteiger partial charge < -0.3 is 9.80 Å². The molecule has 1 fully saturated rings. The maximum atomic E-state index is 13.5. The van der Waals surface area contributed by atoms with Crippen molar-refractivity contribution in [2.24, 2.45) is 0 Å². The zero-order chi connectivity index (χ0) is 21.1. The molecule has 2 aromatic carbocycles. The third-order valence-electron chi connectivity index (χ3n) is 5.96. The maximum absolute atomic E-state index is 13.5. The minimum absolute atomic E-state index is 0.0858. The molecule has 5 nitrogen and oxygen atoms in total. The summed E-state index contributed by atoms with van der Waals surface area (Å²) in [6.45, 7) is 11.2. The molecule has 1 aliphatic heterocycles. The fourth-order valence-corrected chi connectivity index (χ4v) is 4.32. The van der Waals surface area contributed by atoms with E-state index in [0.717, 1.165) is 48.7 Å². The predicted molar refractivity (Wildman–Crippen MR) is 120 cm³/mol. The van der Waals surface area contributed by atoms with Gasteiger partial charge in [-0.25, -0.2) is 4.68 Å². The van der Waals surface area contributed by atoms with E-state index < -0.39 is 0 Å². The second kappa shape index (κ2) is 8.84. The molecule has 1 amide bonds. The largest absolute Gasteiger partial charge is 0.332 e. The first-order valence-corrected chi connectivity index (χ1v) is 10.9. The van der Waals surface area contributed by atoms with Gasteiger partial charge in [0.1, 0.15) is 5.69 Å². The Morgan fingerprint density at radius 2 is 1.80 bits per heavy atom. The van der Waals surface area contributed by atoms with Crippen LogP contribution in [0.25, 0.3) is 16.9 Å². The predicted octanol–water partition coefficient (Wildman–Crippen LogP) is 2.91. The number of aromatic nitrogens is 2. The summed E-state index contributed by atoms with van der Waals surface area (Å²) >= 11 is 0. The summed E-state index contributed by atoms with van der Waals surface area (Å²) in [6, 6.07) is 16.3. The molecule has 0 aliphatic carbocycles. The van der Waals surface area contributed by atoms with E-state index in [9.17, 15) is 4.79 Å². The molecule has 0 bridgehead atoms. The molecule has 30 heavy (non-hydrogen) atoms. The summed E-state index contributed by atoms with van der Waals surface area (Å²) in [6.07, 6.45) is 3.08. The number of para-hydroxylation sites is 1. The minimum Gasteiger partial charge on any atom is -0.332 e. The van der Waals surface area contributed by atoms with E-state index in [0.29, 0.717) is 5.56 Å². The van der Waals surface area contributed by atoms with Crippen molar-refractivity contribution in [3.05, 3.63) is 71.4 Å². The lowest BCUT2D eigenvalue weighted by molar-refractivity contribution is -0.904. The van der Waals surface area contributed by atoms with Crippen LogP contribution in [0.15, 0.2) is 54.7 Å². The number of nitrogens with zero attached hydrogens (tertiary/aromatic N) is 3. The Kier molecular flexibility index (Phi) is 6.00. The molecule has 2 heterocycles. The van der Waals surface area contributed by atoms with E-state index in [1.165, 1.54) is 18.5 Å². The van der Waals surface area contributed by atoms with E-state index >= 15 is 0 Å². The molecule has 1 aliphatic rings. The van der Waals surface area contributed by atoms with Gasteiger partial charge in [-0.15, -0.1) is 0 Å². The monoisotopic (exact) mass is 403 g/mol. The van der Waals surface area contributed by atoms with Gasteiger partial charge in [0.25, 0.3) is 5.91 Å². The van der Waals surface area contributed by atoms with Crippen LogP contribution in [0.4, 0.5) is 0 Å². The van der Waals surface area contributed by atoms with Crippen molar-refractivity contribution in [2.45, 2.75) is 27.2 Å². The average Bonchev–Trinajstić information content (AvgIpc) is 3.20. The number of aryl methyl sites for hydroxylation is 2. The van der Waals surface area contributed by atoms with Crippen LogP contribution in [0.3, 0.4) is 0 Å². The van der Waals surface area contributed by atoms with Crippen molar-refractivity contribution < 1.29 is 9.69 Å². The van der Waals surface area contributed by atoms with Crippen LogP contribution in [0, 0.1) is 13.8 Å². The summed E-state index contributed by atoms with van der Waals surface area (Å²) in [5.74, 6) is 0.0858. The lowest BCUT2D eigenvalue weighted by Gasteiger charge is -2.32. The second-order valence-corrected chi connectivity index (χ2v) is 8.28. The van der Waals surface area contributed by atoms with E-state index in [2.05, 4.69) is 39.0 Å². The van der Waals surface area contributed by atoms with Crippen LogP contribution in [-0.2, 0) is 0 Å². The van der Waals surface area contributed by atoms with Gasteiger partial charge in [0.05, 0.1) is 44.0 Å². The Morgan fingerprint density at radius 3 is 2.47 bits per heavy atom. The number of piperazine rings is 1. The van der Waals surface area contributed by atoms with E-state index in [1.807, 2.05) is 46.1 Å². The molecule has 1 aromatic heterocycles. The van der Waals surface area contributed by atoms with Crippen LogP contribution >= 0.6 is 0 Å². The Labute approximate surface area is 178 Å². The molecule has 0 unspecified atom stereocenters. The Bertz CT molecular complexity index is 1020. The number of rotatable bonds is 5. The molecule has 1 N–H and O–H groups in total. The summed E-state index contributed by atoms with van der Waals surface area (Å²) in [5.41, 5.74) is 5.78. The van der Waals surface area contributed by atoms with E-state index in [4.69, 9.17) is 5.10 Å². The van der Waals surface area contributed by atoms with Crippen molar-refractivity contribution in [2.75, 3.05) is 32.7 Å². The van der Waals surface area contributed by atoms with Gasteiger partial charge in [-0.3, -0.25) is 4.79 Å². The average molecular weight is 404 g/mol. The van der Waals surface area contributed by atoms with Gasteiger partial charge >= 0.3 is 0 Å². The number of benzene rings is 2. The first kappa shape index (κ1) is 20.4. The van der Waals surface area contributed by atoms with Gasteiger partial charge in [-0.05, 0) is 38.0 Å². The molecular formula is C25H31N4O+. The Balaban J connectivity index is 1.70. The third-order valence-corrected chi connectivity index (χ3v) is 5.96.